The van der Waals surface area contributed by atoms with Crippen LogP contribution < -0.4 is 61.9 Å². The molecular weight excluding hydrogens is 199 g/mol. The van der Waals surface area contributed by atoms with Crippen molar-refractivity contribution in [2.45, 2.75) is 12.5 Å². The molecule has 1 saturated heterocycles. The molecule has 0 aromatic carbocycles. The van der Waals surface area contributed by atoms with Crippen molar-refractivity contribution < 1.29 is 60.9 Å². The topological polar surface area (TPSA) is 81.1 Å². The number of nitrogens with zero attached hydrogens (tertiary/aromatic N) is 2. The summed E-state index contributed by atoms with van der Waals surface area (Å²) in [6.45, 7) is 1.31. The minimum Gasteiger partial charge on any atom is -0.512 e. The summed E-state index contributed by atoms with van der Waals surface area (Å²) in [5.41, 5.74) is 0. The summed E-state index contributed by atoms with van der Waals surface area (Å²) >= 11 is 0. The first-order chi connectivity index (χ1) is 5.86. The van der Waals surface area contributed by atoms with Crippen LogP contribution in [0.1, 0.15) is 17.0 Å². The summed E-state index contributed by atoms with van der Waals surface area (Å²) in [7, 11) is 0. The Bertz CT molecular complexity index is 256. The first-order valence-electron chi connectivity index (χ1n) is 3.78. The van der Waals surface area contributed by atoms with Gasteiger partial charge in [-0.25, -0.2) is 0 Å². The minimum atomic E-state index is -0.208. The normalized spacial score (nSPS) is 21.1. The van der Waals surface area contributed by atoms with Crippen LogP contribution in [0.5, 0.6) is 0 Å². The van der Waals surface area contributed by atoms with E-state index in [1.165, 1.54) is 0 Å². The second-order valence-electron chi connectivity index (χ2n) is 2.69. The van der Waals surface area contributed by atoms with E-state index in [9.17, 15) is 4.79 Å². The van der Waals surface area contributed by atoms with E-state index >= 15 is 0 Å². The molecule has 0 radical (unpaired) electrons. The number of carbonyl (C=O) groups is 1. The summed E-state index contributed by atoms with van der Waals surface area (Å²) in [6.07, 6.45) is 0.871. The van der Waals surface area contributed by atoms with Crippen LogP contribution in [-0.4, -0.2) is 35.4 Å². The molecule has 0 spiro atoms. The van der Waals surface area contributed by atoms with Crippen LogP contribution in [-0.2, 0) is 4.74 Å². The summed E-state index contributed by atoms with van der Waals surface area (Å²) in [5.74, 6) is 0.0717. The first kappa shape index (κ1) is 11.4. The van der Waals surface area contributed by atoms with Crippen LogP contribution in [0.25, 0.3) is 0 Å². The van der Waals surface area contributed by atoms with Crippen LogP contribution in [0.4, 0.5) is 0 Å². The minimum absolute atomic E-state index is 0. The molecule has 1 aromatic heterocycles. The molecule has 0 bridgehead atoms. The van der Waals surface area contributed by atoms with Gasteiger partial charge in [-0.1, -0.05) is 0 Å². The smallest absolute Gasteiger partial charge is 0.512 e. The van der Waals surface area contributed by atoms with Crippen molar-refractivity contribution in [3.63, 3.8) is 0 Å². The monoisotopic (exact) mass is 208 g/mol. The third kappa shape index (κ3) is 2.90. The third-order valence-corrected chi connectivity index (χ3v) is 1.79. The van der Waals surface area contributed by atoms with Gasteiger partial charge in [-0.05, 0) is 6.42 Å². The Hall–Kier alpha value is 0.336. The molecule has 13 heavy (non-hydrogen) atoms. The fourth-order valence-corrected chi connectivity index (χ4v) is 1.10. The molecule has 1 fully saturated rings. The summed E-state index contributed by atoms with van der Waals surface area (Å²) < 4.78 is 5.09. The van der Waals surface area contributed by atoms with Crippen molar-refractivity contribution in [1.82, 2.24) is 20.7 Å². The zero-order chi connectivity index (χ0) is 8.39. The number of hydrogen-bond acceptors (Lipinski definition) is 3. The summed E-state index contributed by atoms with van der Waals surface area (Å²) in [5, 5.41) is 12.0. The Kier molecular flexibility index (Phi) is 4.63. The zero-order valence-electron chi connectivity index (χ0n) is 7.41. The molecule has 2 rings (SSSR count). The molecule has 6 nitrogen and oxygen atoms in total. The van der Waals surface area contributed by atoms with Gasteiger partial charge in [0.25, 0.3) is 5.91 Å². The molecular formula is C6H9KN4O2. The van der Waals surface area contributed by atoms with Crippen molar-refractivity contribution in [3.05, 3.63) is 5.82 Å². The SMILES string of the molecule is O=C(NC1CCOC1)c1n[n-][nH]1.[K+]. The van der Waals surface area contributed by atoms with Gasteiger partial charge in [0.05, 0.1) is 12.6 Å². The molecule has 66 valence electrons. The molecule has 1 atom stereocenters. The molecule has 2 N–H and O–H groups in total. The number of nitrogens with one attached hydrogen (secondary N) is 2. The van der Waals surface area contributed by atoms with Gasteiger partial charge in [0.1, 0.15) is 0 Å². The van der Waals surface area contributed by atoms with E-state index in [0.717, 1.165) is 13.0 Å². The number of rotatable bonds is 2. The van der Waals surface area contributed by atoms with Gasteiger partial charge >= 0.3 is 51.4 Å². The Morgan fingerprint density at radius 1 is 1.77 bits per heavy atom. The molecule has 0 aliphatic carbocycles. The number of carbonyl (C=O) groups excluding carboxylic acids is 1. The number of aromatic nitrogens is 3. The number of amides is 1. The maximum Gasteiger partial charge on any atom is 1.00 e. The number of ether oxygens (including phenoxy) is 1. The van der Waals surface area contributed by atoms with Crippen molar-refractivity contribution >= 4 is 5.91 Å². The van der Waals surface area contributed by atoms with E-state index in [1.807, 2.05) is 0 Å². The van der Waals surface area contributed by atoms with E-state index in [4.69, 9.17) is 4.74 Å². The summed E-state index contributed by atoms with van der Waals surface area (Å²) in [4.78, 5) is 11.2. The van der Waals surface area contributed by atoms with Crippen molar-refractivity contribution in [2.24, 2.45) is 0 Å². The number of H-pyrrole nitrogens is 1. The second kappa shape index (κ2) is 5.27. The molecule has 7 heteroatoms. The molecule has 1 aliphatic rings. The van der Waals surface area contributed by atoms with E-state index in [1.54, 1.807) is 0 Å². The maximum absolute atomic E-state index is 11.2. The second-order valence-corrected chi connectivity index (χ2v) is 2.69. The Morgan fingerprint density at radius 3 is 3.00 bits per heavy atom. The van der Waals surface area contributed by atoms with Gasteiger partial charge in [0.15, 0.2) is 5.82 Å². The van der Waals surface area contributed by atoms with Crippen LogP contribution in [0.2, 0.25) is 0 Å². The van der Waals surface area contributed by atoms with Gasteiger partial charge in [-0.15, -0.1) is 0 Å². The van der Waals surface area contributed by atoms with Crippen molar-refractivity contribution in [2.75, 3.05) is 13.2 Å². The van der Waals surface area contributed by atoms with Gasteiger partial charge in [-0.3, -0.25) is 4.79 Å². The fraction of sp³-hybridized carbons (Fsp3) is 0.667. The molecule has 1 amide bonds. The predicted molar refractivity (Wildman–Crippen MR) is 38.6 cm³/mol. The molecule has 1 aromatic rings. The van der Waals surface area contributed by atoms with Gasteiger partial charge in [0.2, 0.25) is 0 Å². The molecule has 0 saturated carbocycles. The van der Waals surface area contributed by atoms with Crippen molar-refractivity contribution in [1.29, 1.82) is 0 Å². The largest absolute Gasteiger partial charge is 1.00 e. The Morgan fingerprint density at radius 2 is 2.54 bits per heavy atom. The standard InChI is InChI=1S/C6H10N4O2.K/c11-6(5-8-10-9-5)7-4-1-2-12-3-4;/h4H,1-3H2,(H3,7,8,9,10,11);/q;+1/p-1. The maximum atomic E-state index is 11.2. The molecule has 2 heterocycles. The Labute approximate surface area is 118 Å². The fourth-order valence-electron chi connectivity index (χ4n) is 1.10. The molecule has 1 aliphatic heterocycles. The number of hydrogen-bond donors (Lipinski definition) is 2. The first-order valence-corrected chi connectivity index (χ1v) is 3.78. The van der Waals surface area contributed by atoms with Gasteiger partial charge < -0.3 is 25.5 Å². The quantitative estimate of drug-likeness (QED) is 0.484. The summed E-state index contributed by atoms with van der Waals surface area (Å²) in [6, 6.07) is 0.127. The van der Waals surface area contributed by atoms with E-state index in [0.29, 0.717) is 6.61 Å². The molecule has 1 unspecified atom stereocenters. The predicted octanol–water partition coefficient (Wildman–Crippen LogP) is -4.11. The number of aromatic amines is 1. The van der Waals surface area contributed by atoms with Crippen LogP contribution >= 0.6 is 0 Å². The van der Waals surface area contributed by atoms with E-state index in [2.05, 4.69) is 20.7 Å². The Balaban J connectivity index is 0.000000845. The van der Waals surface area contributed by atoms with Crippen LogP contribution in [0.3, 0.4) is 0 Å². The average molecular weight is 208 g/mol. The van der Waals surface area contributed by atoms with E-state index in [-0.39, 0.29) is 69.2 Å². The van der Waals surface area contributed by atoms with Crippen molar-refractivity contribution in [3.8, 4) is 0 Å². The average Bonchev–Trinajstić information content (AvgIpc) is 2.34. The van der Waals surface area contributed by atoms with Gasteiger partial charge in [0, 0.05) is 6.61 Å². The van der Waals surface area contributed by atoms with Crippen LogP contribution in [0, 0.1) is 0 Å². The third-order valence-electron chi connectivity index (χ3n) is 1.79. The van der Waals surface area contributed by atoms with E-state index < -0.39 is 0 Å². The zero-order valence-corrected chi connectivity index (χ0v) is 10.5. The van der Waals surface area contributed by atoms with Crippen LogP contribution in [0.15, 0.2) is 0 Å². The van der Waals surface area contributed by atoms with Gasteiger partial charge in [-0.2, -0.15) is 0 Å².